The molecule has 2 saturated heterocycles. The standard InChI is InChI=1S/C19H27N5O.C2H6/c1-13-18(14-5-6-14)21-17-12-16(15-4-2-3-7-20-15)22-24(17)19(13)23-8-10-25-11-9-23;1-2/h12,14-15,20H,2-11H2,1H3;1-2H3. The smallest absolute Gasteiger partial charge is 0.157 e. The molecule has 148 valence electrons. The van der Waals surface area contributed by atoms with Crippen molar-refractivity contribution in [1.29, 1.82) is 0 Å². The summed E-state index contributed by atoms with van der Waals surface area (Å²) >= 11 is 0. The maximum Gasteiger partial charge on any atom is 0.157 e. The van der Waals surface area contributed by atoms with E-state index in [9.17, 15) is 0 Å². The lowest BCUT2D eigenvalue weighted by molar-refractivity contribution is 0.122. The summed E-state index contributed by atoms with van der Waals surface area (Å²) in [4.78, 5) is 7.46. The van der Waals surface area contributed by atoms with Crippen LogP contribution in [0.25, 0.3) is 5.65 Å². The fourth-order valence-corrected chi connectivity index (χ4v) is 4.28. The van der Waals surface area contributed by atoms with Crippen LogP contribution in [0.15, 0.2) is 6.07 Å². The van der Waals surface area contributed by atoms with E-state index in [1.54, 1.807) is 0 Å². The van der Waals surface area contributed by atoms with Crippen LogP contribution in [0.5, 0.6) is 0 Å². The van der Waals surface area contributed by atoms with Gasteiger partial charge in [0.1, 0.15) is 5.82 Å². The molecule has 1 atom stereocenters. The molecule has 0 radical (unpaired) electrons. The molecule has 2 aliphatic heterocycles. The van der Waals surface area contributed by atoms with Gasteiger partial charge in [-0.05, 0) is 39.2 Å². The van der Waals surface area contributed by atoms with Crippen molar-refractivity contribution in [3.8, 4) is 0 Å². The van der Waals surface area contributed by atoms with Gasteiger partial charge in [-0.25, -0.2) is 4.98 Å². The van der Waals surface area contributed by atoms with Crippen molar-refractivity contribution in [2.45, 2.75) is 64.8 Å². The highest BCUT2D eigenvalue weighted by Crippen LogP contribution is 2.43. The number of fused-ring (bicyclic) bond motifs is 1. The van der Waals surface area contributed by atoms with Crippen LogP contribution in [0.2, 0.25) is 0 Å². The summed E-state index contributed by atoms with van der Waals surface area (Å²) in [5.74, 6) is 1.88. The Balaban J connectivity index is 0.000000872. The number of hydrogen-bond donors (Lipinski definition) is 1. The van der Waals surface area contributed by atoms with Crippen molar-refractivity contribution >= 4 is 11.5 Å². The van der Waals surface area contributed by atoms with Gasteiger partial charge in [0, 0.05) is 30.6 Å². The number of morpholine rings is 1. The van der Waals surface area contributed by atoms with E-state index in [-0.39, 0.29) is 0 Å². The predicted molar refractivity (Wildman–Crippen MR) is 109 cm³/mol. The lowest BCUT2D eigenvalue weighted by Gasteiger charge is -2.30. The molecule has 5 rings (SSSR count). The molecule has 27 heavy (non-hydrogen) atoms. The van der Waals surface area contributed by atoms with Crippen LogP contribution in [0, 0.1) is 6.92 Å². The summed E-state index contributed by atoms with van der Waals surface area (Å²) in [6.07, 6.45) is 6.27. The van der Waals surface area contributed by atoms with Crippen LogP contribution in [0.3, 0.4) is 0 Å². The van der Waals surface area contributed by atoms with Crippen LogP contribution < -0.4 is 10.2 Å². The van der Waals surface area contributed by atoms with Gasteiger partial charge in [-0.1, -0.05) is 20.3 Å². The minimum atomic E-state index is 0.373. The SMILES string of the molecule is CC.Cc1c(C2CC2)nc2cc(C3CCCCN3)nn2c1N1CCOCC1. The van der Waals surface area contributed by atoms with Gasteiger partial charge in [0.25, 0.3) is 0 Å². The Morgan fingerprint density at radius 2 is 1.89 bits per heavy atom. The lowest BCUT2D eigenvalue weighted by atomic mass is 10.0. The molecule has 6 heteroatoms. The Labute approximate surface area is 162 Å². The van der Waals surface area contributed by atoms with E-state index in [2.05, 4.69) is 27.7 Å². The third-order valence-corrected chi connectivity index (χ3v) is 5.81. The quantitative estimate of drug-likeness (QED) is 0.893. The molecule has 1 aliphatic carbocycles. The summed E-state index contributed by atoms with van der Waals surface area (Å²) in [7, 11) is 0. The fraction of sp³-hybridized carbons (Fsp3) is 0.714. The third-order valence-electron chi connectivity index (χ3n) is 5.81. The monoisotopic (exact) mass is 371 g/mol. The van der Waals surface area contributed by atoms with Crippen LogP contribution in [0.1, 0.15) is 74.9 Å². The average Bonchev–Trinajstić information content (AvgIpc) is 3.49. The molecule has 1 saturated carbocycles. The van der Waals surface area contributed by atoms with Gasteiger partial charge in [-0.3, -0.25) is 0 Å². The first-order valence-corrected chi connectivity index (χ1v) is 10.8. The Hall–Kier alpha value is -1.66. The van der Waals surface area contributed by atoms with Crippen molar-refractivity contribution in [2.75, 3.05) is 37.7 Å². The summed E-state index contributed by atoms with van der Waals surface area (Å²) in [5.41, 5.74) is 4.76. The molecule has 0 amide bonds. The number of hydrogen-bond acceptors (Lipinski definition) is 5. The first-order chi connectivity index (χ1) is 13.3. The van der Waals surface area contributed by atoms with Crippen LogP contribution in [-0.2, 0) is 4.74 Å². The van der Waals surface area contributed by atoms with Crippen LogP contribution >= 0.6 is 0 Å². The van der Waals surface area contributed by atoms with Crippen LogP contribution in [-0.4, -0.2) is 47.4 Å². The van der Waals surface area contributed by atoms with Gasteiger partial charge in [-0.2, -0.15) is 9.61 Å². The molecule has 3 aliphatic rings. The van der Waals surface area contributed by atoms with Crippen molar-refractivity contribution in [3.05, 3.63) is 23.0 Å². The number of ether oxygens (including phenoxy) is 1. The van der Waals surface area contributed by atoms with E-state index in [1.807, 2.05) is 13.8 Å². The van der Waals surface area contributed by atoms with Gasteiger partial charge in [0.05, 0.1) is 30.6 Å². The first-order valence-electron chi connectivity index (χ1n) is 10.8. The Bertz CT molecular complexity index is 770. The molecule has 4 heterocycles. The summed E-state index contributed by atoms with van der Waals surface area (Å²) in [5, 5.41) is 8.62. The van der Waals surface area contributed by atoms with Gasteiger partial charge < -0.3 is 15.0 Å². The molecule has 2 aromatic heterocycles. The second-order valence-corrected chi connectivity index (χ2v) is 7.66. The highest BCUT2D eigenvalue weighted by Gasteiger charge is 2.31. The Morgan fingerprint density at radius 1 is 1.11 bits per heavy atom. The highest BCUT2D eigenvalue weighted by atomic mass is 16.5. The molecule has 0 bridgehead atoms. The largest absolute Gasteiger partial charge is 0.378 e. The van der Waals surface area contributed by atoms with E-state index >= 15 is 0 Å². The van der Waals surface area contributed by atoms with Crippen LogP contribution in [0.4, 0.5) is 5.82 Å². The minimum Gasteiger partial charge on any atom is -0.378 e. The van der Waals surface area contributed by atoms with Gasteiger partial charge in [0.15, 0.2) is 5.65 Å². The zero-order valence-electron chi connectivity index (χ0n) is 17.0. The Kier molecular flexibility index (Phi) is 5.64. The summed E-state index contributed by atoms with van der Waals surface area (Å²) in [6.45, 7) is 10.8. The van der Waals surface area contributed by atoms with Crippen molar-refractivity contribution in [3.63, 3.8) is 0 Å². The van der Waals surface area contributed by atoms with Crippen molar-refractivity contribution in [2.24, 2.45) is 0 Å². The Morgan fingerprint density at radius 3 is 2.56 bits per heavy atom. The normalized spacial score (nSPS) is 23.2. The molecule has 0 spiro atoms. The van der Waals surface area contributed by atoms with Gasteiger partial charge in [0.2, 0.25) is 0 Å². The second-order valence-electron chi connectivity index (χ2n) is 7.66. The topological polar surface area (TPSA) is 54.7 Å². The molecule has 1 unspecified atom stereocenters. The van der Waals surface area contributed by atoms with E-state index in [1.165, 1.54) is 49.2 Å². The summed E-state index contributed by atoms with van der Waals surface area (Å²) < 4.78 is 7.66. The predicted octanol–water partition coefficient (Wildman–Crippen LogP) is 3.59. The third kappa shape index (κ3) is 3.69. The number of anilines is 1. The molecule has 3 fully saturated rings. The van der Waals surface area contributed by atoms with Gasteiger partial charge >= 0.3 is 0 Å². The molecule has 0 aromatic carbocycles. The van der Waals surface area contributed by atoms with E-state index in [0.29, 0.717) is 12.0 Å². The molecule has 6 nitrogen and oxygen atoms in total. The molecule has 2 aromatic rings. The molecule has 1 N–H and O–H groups in total. The zero-order valence-corrected chi connectivity index (χ0v) is 17.0. The van der Waals surface area contributed by atoms with E-state index < -0.39 is 0 Å². The number of rotatable bonds is 3. The molecular weight excluding hydrogens is 338 g/mol. The van der Waals surface area contributed by atoms with E-state index in [4.69, 9.17) is 14.8 Å². The lowest BCUT2D eigenvalue weighted by Crippen LogP contribution is -2.38. The average molecular weight is 372 g/mol. The molecular formula is C21H33N5O. The second kappa shape index (κ2) is 8.15. The highest BCUT2D eigenvalue weighted by molar-refractivity contribution is 5.58. The van der Waals surface area contributed by atoms with Crippen molar-refractivity contribution in [1.82, 2.24) is 19.9 Å². The van der Waals surface area contributed by atoms with Gasteiger partial charge in [-0.15, -0.1) is 0 Å². The number of aromatic nitrogens is 3. The number of piperidine rings is 1. The maximum atomic E-state index is 5.57. The zero-order chi connectivity index (χ0) is 18.8. The van der Waals surface area contributed by atoms with E-state index in [0.717, 1.165) is 44.2 Å². The first kappa shape index (κ1) is 18.7. The maximum absolute atomic E-state index is 5.57. The minimum absolute atomic E-state index is 0.373. The summed E-state index contributed by atoms with van der Waals surface area (Å²) in [6, 6.07) is 2.58. The number of nitrogens with zero attached hydrogens (tertiary/aromatic N) is 4. The van der Waals surface area contributed by atoms with Crippen molar-refractivity contribution < 1.29 is 4.74 Å². The number of nitrogens with one attached hydrogen (secondary N) is 1. The fourth-order valence-electron chi connectivity index (χ4n) is 4.28.